The minimum Gasteiger partial charge on any atom is -0.206 e. The zero-order valence-corrected chi connectivity index (χ0v) is 15.7. The monoisotopic (exact) mass is 481 g/mol. The van der Waals surface area contributed by atoms with E-state index in [4.69, 9.17) is 0 Å². The molecule has 0 aliphatic carbocycles. The predicted octanol–water partition coefficient (Wildman–Crippen LogP) is 2.15. The van der Waals surface area contributed by atoms with E-state index in [0.29, 0.717) is 8.18 Å². The molecule has 0 unspecified atom stereocenters. The van der Waals surface area contributed by atoms with E-state index in [1.165, 1.54) is 12.1 Å². The SMILES string of the molecule is CS(=O)(=O)N(c1ccc(CCI)c(Br)c1)S(C)(=O)=O. The highest BCUT2D eigenvalue weighted by Crippen LogP contribution is 2.28. The second kappa shape index (κ2) is 6.27. The van der Waals surface area contributed by atoms with Crippen LogP contribution in [0.5, 0.6) is 0 Å². The average molecular weight is 482 g/mol. The van der Waals surface area contributed by atoms with E-state index in [0.717, 1.165) is 28.9 Å². The molecule has 0 spiro atoms. The first-order valence-corrected chi connectivity index (χ1v) is 11.1. The third kappa shape index (κ3) is 4.57. The zero-order valence-electron chi connectivity index (χ0n) is 10.3. The predicted molar refractivity (Wildman–Crippen MR) is 88.9 cm³/mol. The number of anilines is 1. The summed E-state index contributed by atoms with van der Waals surface area (Å²) in [5, 5.41) is 0. The van der Waals surface area contributed by atoms with E-state index >= 15 is 0 Å². The third-order valence-electron chi connectivity index (χ3n) is 2.21. The Kier molecular flexibility index (Phi) is 5.67. The molecule has 0 aliphatic heterocycles. The van der Waals surface area contributed by atoms with Crippen molar-refractivity contribution in [3.63, 3.8) is 0 Å². The molecule has 9 heteroatoms. The van der Waals surface area contributed by atoms with Crippen LogP contribution < -0.4 is 3.71 Å². The van der Waals surface area contributed by atoms with Gasteiger partial charge in [0.05, 0.1) is 18.2 Å². The summed E-state index contributed by atoms with van der Waals surface area (Å²) in [7, 11) is -7.79. The summed E-state index contributed by atoms with van der Waals surface area (Å²) in [4.78, 5) is 0. The van der Waals surface area contributed by atoms with Gasteiger partial charge >= 0.3 is 0 Å². The molecule has 0 aliphatic rings. The fraction of sp³-hybridized carbons (Fsp3) is 0.400. The van der Waals surface area contributed by atoms with Crippen LogP contribution in [0.25, 0.3) is 0 Å². The number of aryl methyl sites for hydroxylation is 1. The van der Waals surface area contributed by atoms with Crippen LogP contribution >= 0.6 is 38.5 Å². The Hall–Kier alpha value is 0.130. The van der Waals surface area contributed by atoms with Crippen LogP contribution in [-0.4, -0.2) is 33.8 Å². The Balaban J connectivity index is 3.39. The van der Waals surface area contributed by atoms with Crippen LogP contribution in [0.1, 0.15) is 5.56 Å². The van der Waals surface area contributed by atoms with Crippen molar-refractivity contribution in [1.29, 1.82) is 0 Å². The molecule has 108 valence electrons. The van der Waals surface area contributed by atoms with E-state index in [-0.39, 0.29) is 5.69 Å². The van der Waals surface area contributed by atoms with Gasteiger partial charge in [0.1, 0.15) is 0 Å². The van der Waals surface area contributed by atoms with Gasteiger partial charge in [-0.2, -0.15) is 3.71 Å². The van der Waals surface area contributed by atoms with E-state index in [1.54, 1.807) is 6.07 Å². The molecule has 0 saturated carbocycles. The summed E-state index contributed by atoms with van der Waals surface area (Å²) in [5.41, 5.74) is 1.11. The quantitative estimate of drug-likeness (QED) is 0.477. The minimum absolute atomic E-state index is 0.106. The molecule has 0 heterocycles. The summed E-state index contributed by atoms with van der Waals surface area (Å²) in [5.74, 6) is 0. The lowest BCUT2D eigenvalue weighted by atomic mass is 10.2. The van der Waals surface area contributed by atoms with Crippen LogP contribution in [0.4, 0.5) is 5.69 Å². The maximum Gasteiger partial charge on any atom is 0.245 e. The van der Waals surface area contributed by atoms with Crippen molar-refractivity contribution in [1.82, 2.24) is 0 Å². The van der Waals surface area contributed by atoms with Gasteiger partial charge in [-0.25, -0.2) is 16.8 Å². The normalized spacial score (nSPS) is 12.4. The first-order chi connectivity index (χ1) is 8.57. The van der Waals surface area contributed by atoms with Gasteiger partial charge < -0.3 is 0 Å². The molecule has 1 rings (SSSR count). The van der Waals surface area contributed by atoms with Crippen LogP contribution in [0, 0.1) is 0 Å². The molecule has 0 amide bonds. The van der Waals surface area contributed by atoms with Gasteiger partial charge in [0.15, 0.2) is 0 Å². The van der Waals surface area contributed by atoms with Crippen LogP contribution in [0.3, 0.4) is 0 Å². The first kappa shape index (κ1) is 17.2. The van der Waals surface area contributed by atoms with Crippen LogP contribution in [-0.2, 0) is 26.5 Å². The lowest BCUT2D eigenvalue weighted by Gasteiger charge is -2.20. The summed E-state index contributed by atoms with van der Waals surface area (Å²) in [6.45, 7) is 0. The van der Waals surface area contributed by atoms with Gasteiger partial charge in [0, 0.05) is 8.90 Å². The number of alkyl halides is 1. The molecule has 0 radical (unpaired) electrons. The second-order valence-corrected chi connectivity index (χ2v) is 9.76. The summed E-state index contributed by atoms with van der Waals surface area (Å²) in [6.07, 6.45) is 2.54. The van der Waals surface area contributed by atoms with Crippen molar-refractivity contribution in [2.24, 2.45) is 0 Å². The number of benzene rings is 1. The molecule has 1 aromatic rings. The number of halogens is 2. The topological polar surface area (TPSA) is 71.5 Å². The largest absolute Gasteiger partial charge is 0.245 e. The van der Waals surface area contributed by atoms with E-state index in [2.05, 4.69) is 38.5 Å². The summed E-state index contributed by atoms with van der Waals surface area (Å²) in [6, 6.07) is 4.72. The molecular formula is C10H13BrINO4S2. The van der Waals surface area contributed by atoms with E-state index in [1.807, 2.05) is 0 Å². The molecule has 0 aromatic heterocycles. The number of sulfonamides is 2. The van der Waals surface area contributed by atoms with Crippen molar-refractivity contribution in [2.75, 3.05) is 20.6 Å². The zero-order chi connectivity index (χ0) is 14.8. The second-order valence-electron chi connectivity index (χ2n) is 3.94. The molecule has 0 N–H and O–H groups in total. The highest BCUT2D eigenvalue weighted by Gasteiger charge is 2.27. The van der Waals surface area contributed by atoms with Crippen molar-refractivity contribution in [2.45, 2.75) is 6.42 Å². The fourth-order valence-corrected chi connectivity index (χ4v) is 5.69. The third-order valence-corrected chi connectivity index (χ3v) is 6.74. The van der Waals surface area contributed by atoms with Gasteiger partial charge in [-0.1, -0.05) is 44.6 Å². The van der Waals surface area contributed by atoms with Crippen LogP contribution in [0.2, 0.25) is 0 Å². The van der Waals surface area contributed by atoms with Crippen molar-refractivity contribution in [3.8, 4) is 0 Å². The fourth-order valence-electron chi connectivity index (χ4n) is 1.58. The van der Waals surface area contributed by atoms with E-state index < -0.39 is 20.0 Å². The summed E-state index contributed by atoms with van der Waals surface area (Å²) >= 11 is 5.56. The molecule has 0 bridgehead atoms. The Morgan fingerprint density at radius 1 is 1.16 bits per heavy atom. The average Bonchev–Trinajstić information content (AvgIpc) is 2.18. The lowest BCUT2D eigenvalue weighted by molar-refractivity contribution is 0.590. The van der Waals surface area contributed by atoms with Crippen molar-refractivity contribution in [3.05, 3.63) is 28.2 Å². The Morgan fingerprint density at radius 3 is 2.05 bits per heavy atom. The Labute approximate surface area is 135 Å². The highest BCUT2D eigenvalue weighted by atomic mass is 127. The molecule has 0 saturated heterocycles. The van der Waals surface area contributed by atoms with Gasteiger partial charge in [0.25, 0.3) is 0 Å². The molecule has 0 fully saturated rings. The molecule has 0 atom stereocenters. The van der Waals surface area contributed by atoms with Gasteiger partial charge in [0.2, 0.25) is 20.0 Å². The van der Waals surface area contributed by atoms with Crippen molar-refractivity contribution < 1.29 is 16.8 Å². The van der Waals surface area contributed by atoms with Gasteiger partial charge in [-0.05, 0) is 24.1 Å². The first-order valence-electron chi connectivity index (χ1n) is 5.12. The smallest absolute Gasteiger partial charge is 0.206 e. The van der Waals surface area contributed by atoms with Gasteiger partial charge in [-0.3, -0.25) is 0 Å². The number of rotatable bonds is 5. The minimum atomic E-state index is -3.89. The standard InChI is InChI=1S/C10H13BrINO4S2/c1-18(14,15)13(19(2,16)17)9-4-3-8(5-6-12)10(11)7-9/h3-4,7H,5-6H2,1-2H3. The Morgan fingerprint density at radius 2 is 1.68 bits per heavy atom. The van der Waals surface area contributed by atoms with E-state index in [9.17, 15) is 16.8 Å². The lowest BCUT2D eigenvalue weighted by Crippen LogP contribution is -2.35. The summed E-state index contributed by atoms with van der Waals surface area (Å²) < 4.78 is 48.6. The number of hydrogen-bond donors (Lipinski definition) is 0. The Bertz CT molecular complexity index is 641. The van der Waals surface area contributed by atoms with Crippen molar-refractivity contribution >= 4 is 64.3 Å². The number of hydrogen-bond acceptors (Lipinski definition) is 4. The highest BCUT2D eigenvalue weighted by molar-refractivity contribution is 14.1. The molecule has 5 nitrogen and oxygen atoms in total. The maximum absolute atomic E-state index is 11.6. The van der Waals surface area contributed by atoms with Crippen LogP contribution in [0.15, 0.2) is 22.7 Å². The molecule has 1 aromatic carbocycles. The molecule has 19 heavy (non-hydrogen) atoms. The maximum atomic E-state index is 11.6. The van der Waals surface area contributed by atoms with Gasteiger partial charge in [-0.15, -0.1) is 0 Å². The molecular weight excluding hydrogens is 469 g/mol. The number of nitrogens with zero attached hydrogens (tertiary/aromatic N) is 1.